The van der Waals surface area contributed by atoms with Crippen molar-refractivity contribution in [2.24, 2.45) is 0 Å². The Balaban J connectivity index is 1.38. The summed E-state index contributed by atoms with van der Waals surface area (Å²) in [7, 11) is 0. The number of nitrogens with zero attached hydrogens (tertiary/aromatic N) is 4. The molecule has 8 aromatic rings. The zero-order chi connectivity index (χ0) is 27.2. The quantitative estimate of drug-likeness (QED) is 0.229. The first-order valence-corrected chi connectivity index (χ1v) is 13.5. The van der Waals surface area contributed by atoms with E-state index in [1.807, 2.05) is 91.0 Å². The largest absolute Gasteiger partial charge is 0.435 e. The van der Waals surface area contributed by atoms with E-state index in [9.17, 15) is 0 Å². The van der Waals surface area contributed by atoms with E-state index >= 15 is 0 Å². The van der Waals surface area contributed by atoms with Crippen LogP contribution >= 0.6 is 0 Å². The van der Waals surface area contributed by atoms with Gasteiger partial charge in [0.15, 0.2) is 23.1 Å². The van der Waals surface area contributed by atoms with Crippen LogP contribution in [0.5, 0.6) is 0 Å². The molecule has 0 bridgehead atoms. The van der Waals surface area contributed by atoms with Gasteiger partial charge in [0.1, 0.15) is 5.52 Å². The summed E-state index contributed by atoms with van der Waals surface area (Å²) in [6.45, 7) is 0. The second-order valence-corrected chi connectivity index (χ2v) is 9.94. The van der Waals surface area contributed by atoms with Crippen molar-refractivity contribution in [2.75, 3.05) is 0 Å². The first-order valence-electron chi connectivity index (χ1n) is 13.5. The van der Waals surface area contributed by atoms with Gasteiger partial charge in [-0.15, -0.1) is 0 Å². The summed E-state index contributed by atoms with van der Waals surface area (Å²) in [4.78, 5) is 19.9. The molecule has 0 N–H and O–H groups in total. The summed E-state index contributed by atoms with van der Waals surface area (Å²) in [5, 5.41) is 4.26. The van der Waals surface area contributed by atoms with Crippen LogP contribution in [0.3, 0.4) is 0 Å². The van der Waals surface area contributed by atoms with Crippen LogP contribution in [-0.4, -0.2) is 19.9 Å². The molecule has 0 unspecified atom stereocenters. The summed E-state index contributed by atoms with van der Waals surface area (Å²) >= 11 is 0. The van der Waals surface area contributed by atoms with Crippen molar-refractivity contribution in [1.29, 1.82) is 0 Å². The Morgan fingerprint density at radius 2 is 1.02 bits per heavy atom. The van der Waals surface area contributed by atoms with Gasteiger partial charge >= 0.3 is 0 Å². The average molecular weight is 527 g/mol. The highest BCUT2D eigenvalue weighted by molar-refractivity contribution is 6.10. The summed E-state index contributed by atoms with van der Waals surface area (Å²) in [5.41, 5.74) is 5.17. The van der Waals surface area contributed by atoms with Gasteiger partial charge in [-0.3, -0.25) is 0 Å². The summed E-state index contributed by atoms with van der Waals surface area (Å²) in [5.74, 6) is 2.41. The Bertz CT molecular complexity index is 2210. The Labute approximate surface area is 235 Å². The van der Waals surface area contributed by atoms with E-state index in [1.54, 1.807) is 0 Å². The molecule has 0 aliphatic rings. The summed E-state index contributed by atoms with van der Waals surface area (Å²) in [6, 6.07) is 44.8. The van der Waals surface area contributed by atoms with Crippen LogP contribution in [0.15, 0.2) is 138 Å². The van der Waals surface area contributed by atoms with Crippen molar-refractivity contribution in [1.82, 2.24) is 19.9 Å². The van der Waals surface area contributed by atoms with Crippen LogP contribution < -0.4 is 0 Å². The van der Waals surface area contributed by atoms with E-state index in [1.165, 1.54) is 5.39 Å². The van der Waals surface area contributed by atoms with Crippen LogP contribution in [0, 0.1) is 0 Å². The van der Waals surface area contributed by atoms with Crippen molar-refractivity contribution in [3.63, 3.8) is 0 Å². The van der Waals surface area contributed by atoms with E-state index in [2.05, 4.69) is 42.5 Å². The molecular formula is C36H22N4O. The monoisotopic (exact) mass is 526 g/mol. The lowest BCUT2D eigenvalue weighted by atomic mass is 10.0. The zero-order valence-electron chi connectivity index (χ0n) is 21.9. The third kappa shape index (κ3) is 4.12. The number of hydrogen-bond acceptors (Lipinski definition) is 5. The fraction of sp³-hybridized carbons (Fsp3) is 0. The molecule has 6 aromatic carbocycles. The van der Waals surface area contributed by atoms with Crippen LogP contribution in [0.25, 0.3) is 78.3 Å². The molecule has 0 aliphatic heterocycles. The van der Waals surface area contributed by atoms with Crippen LogP contribution in [0.1, 0.15) is 0 Å². The van der Waals surface area contributed by atoms with Gasteiger partial charge in [-0.05, 0) is 40.4 Å². The molecule has 2 heterocycles. The van der Waals surface area contributed by atoms with E-state index in [0.29, 0.717) is 23.4 Å². The minimum absolute atomic E-state index is 0.584. The first kappa shape index (κ1) is 23.2. The Hall–Kier alpha value is -5.68. The average Bonchev–Trinajstić information content (AvgIpc) is 3.50. The number of rotatable bonds is 4. The number of hydrogen-bond donors (Lipinski definition) is 0. The van der Waals surface area contributed by atoms with E-state index in [0.717, 1.165) is 49.5 Å². The van der Waals surface area contributed by atoms with Gasteiger partial charge in [0, 0.05) is 27.6 Å². The minimum Gasteiger partial charge on any atom is -0.435 e. The molecule has 8 rings (SSSR count). The molecule has 5 heteroatoms. The number of aromatic nitrogens is 4. The van der Waals surface area contributed by atoms with Crippen molar-refractivity contribution >= 4 is 32.6 Å². The molecular weight excluding hydrogens is 504 g/mol. The lowest BCUT2D eigenvalue weighted by molar-refractivity contribution is 0.623. The first-order chi connectivity index (χ1) is 20.3. The molecule has 41 heavy (non-hydrogen) atoms. The molecule has 0 radical (unpaired) electrons. The maximum Gasteiger partial charge on any atom is 0.227 e. The Morgan fingerprint density at radius 1 is 0.415 bits per heavy atom. The van der Waals surface area contributed by atoms with Gasteiger partial charge < -0.3 is 4.42 Å². The lowest BCUT2D eigenvalue weighted by Crippen LogP contribution is -2.00. The highest BCUT2D eigenvalue weighted by Gasteiger charge is 2.19. The fourth-order valence-electron chi connectivity index (χ4n) is 5.31. The SMILES string of the molecule is c1ccc(-c2nc(-c3ccc4ccccc4c3)nc(-c3cc4nc(-c5ccccc5)oc4c4ccccc34)n2)cc1. The lowest BCUT2D eigenvalue weighted by Gasteiger charge is -2.11. The minimum atomic E-state index is 0.584. The highest BCUT2D eigenvalue weighted by atomic mass is 16.3. The zero-order valence-corrected chi connectivity index (χ0v) is 21.9. The number of oxazole rings is 1. The Kier molecular flexibility index (Phi) is 5.38. The van der Waals surface area contributed by atoms with Crippen molar-refractivity contribution in [2.45, 2.75) is 0 Å². The van der Waals surface area contributed by atoms with Gasteiger partial charge in [-0.2, -0.15) is 0 Å². The normalized spacial score (nSPS) is 11.4. The van der Waals surface area contributed by atoms with E-state index in [-0.39, 0.29) is 0 Å². The van der Waals surface area contributed by atoms with Crippen LogP contribution in [0.2, 0.25) is 0 Å². The second-order valence-electron chi connectivity index (χ2n) is 9.94. The summed E-state index contributed by atoms with van der Waals surface area (Å²) in [6.07, 6.45) is 0. The smallest absolute Gasteiger partial charge is 0.227 e. The molecule has 192 valence electrons. The van der Waals surface area contributed by atoms with E-state index < -0.39 is 0 Å². The van der Waals surface area contributed by atoms with Crippen LogP contribution in [-0.2, 0) is 0 Å². The molecule has 0 saturated carbocycles. The van der Waals surface area contributed by atoms with Gasteiger partial charge in [0.2, 0.25) is 5.89 Å². The molecule has 0 atom stereocenters. The van der Waals surface area contributed by atoms with Crippen molar-refractivity contribution in [3.8, 4) is 45.6 Å². The van der Waals surface area contributed by atoms with Crippen LogP contribution in [0.4, 0.5) is 0 Å². The van der Waals surface area contributed by atoms with Gasteiger partial charge in [0.25, 0.3) is 0 Å². The molecule has 0 spiro atoms. The van der Waals surface area contributed by atoms with Gasteiger partial charge in [-0.25, -0.2) is 19.9 Å². The predicted molar refractivity (Wildman–Crippen MR) is 164 cm³/mol. The molecule has 0 amide bonds. The van der Waals surface area contributed by atoms with Crippen molar-refractivity contribution in [3.05, 3.63) is 133 Å². The number of benzene rings is 6. The van der Waals surface area contributed by atoms with E-state index in [4.69, 9.17) is 24.4 Å². The standard InChI is InChI=1S/C36H22N4O/c1-3-12-24(13-4-1)33-38-34(27-20-19-23-11-7-8-16-26(23)21-27)40-35(39-33)30-22-31-32(29-18-10-9-17-28(29)30)41-36(37-31)25-14-5-2-6-15-25/h1-22H. The maximum absolute atomic E-state index is 6.32. The molecule has 0 fully saturated rings. The highest BCUT2D eigenvalue weighted by Crippen LogP contribution is 2.37. The fourth-order valence-corrected chi connectivity index (χ4v) is 5.31. The molecule has 0 saturated heterocycles. The van der Waals surface area contributed by atoms with Crippen molar-refractivity contribution < 1.29 is 4.42 Å². The predicted octanol–water partition coefficient (Wildman–Crippen LogP) is 8.99. The van der Waals surface area contributed by atoms with Gasteiger partial charge in [-0.1, -0.05) is 109 Å². The second kappa shape index (κ2) is 9.50. The third-order valence-electron chi connectivity index (χ3n) is 7.33. The molecule has 5 nitrogen and oxygen atoms in total. The summed E-state index contributed by atoms with van der Waals surface area (Å²) < 4.78 is 6.32. The Morgan fingerprint density at radius 3 is 1.80 bits per heavy atom. The number of fused-ring (bicyclic) bond motifs is 4. The molecule has 2 aromatic heterocycles. The maximum atomic E-state index is 6.32. The molecule has 0 aliphatic carbocycles. The third-order valence-corrected chi connectivity index (χ3v) is 7.33. The topological polar surface area (TPSA) is 64.7 Å². The van der Waals surface area contributed by atoms with Gasteiger partial charge in [0.05, 0.1) is 0 Å².